The Hall–Kier alpha value is -2.13. The molecule has 2 aliphatic rings. The van der Waals surface area contributed by atoms with E-state index in [4.69, 9.17) is 11.6 Å². The summed E-state index contributed by atoms with van der Waals surface area (Å²) in [5.74, 6) is -1.58. The zero-order valence-corrected chi connectivity index (χ0v) is 18.0. The second-order valence-corrected chi connectivity index (χ2v) is 9.14. The van der Waals surface area contributed by atoms with Crippen LogP contribution >= 0.6 is 11.6 Å². The zero-order valence-electron chi connectivity index (χ0n) is 17.3. The van der Waals surface area contributed by atoms with Gasteiger partial charge in [-0.1, -0.05) is 11.6 Å². The lowest BCUT2D eigenvalue weighted by atomic mass is 9.77. The van der Waals surface area contributed by atoms with Gasteiger partial charge in [0.2, 0.25) is 0 Å². The fourth-order valence-corrected chi connectivity index (χ4v) is 4.86. The van der Waals surface area contributed by atoms with E-state index in [9.17, 15) is 27.5 Å². The van der Waals surface area contributed by atoms with Crippen molar-refractivity contribution in [2.24, 2.45) is 5.92 Å². The van der Waals surface area contributed by atoms with Gasteiger partial charge in [0, 0.05) is 18.5 Å². The Kier molecular flexibility index (Phi) is 6.24. The highest BCUT2D eigenvalue weighted by molar-refractivity contribution is 6.35. The van der Waals surface area contributed by atoms with Crippen LogP contribution in [0.2, 0.25) is 5.02 Å². The number of hydrogen-bond donors (Lipinski definition) is 2. The van der Waals surface area contributed by atoms with E-state index in [1.807, 2.05) is 4.90 Å². The Morgan fingerprint density at radius 1 is 1.28 bits per heavy atom. The van der Waals surface area contributed by atoms with E-state index < -0.39 is 36.2 Å². The van der Waals surface area contributed by atoms with Gasteiger partial charge in [-0.2, -0.15) is 13.2 Å². The maximum absolute atomic E-state index is 13.5. The quantitative estimate of drug-likeness (QED) is 0.634. The van der Waals surface area contributed by atoms with Gasteiger partial charge in [0.1, 0.15) is 12.0 Å². The van der Waals surface area contributed by atoms with Gasteiger partial charge in [-0.25, -0.2) is 9.37 Å². The Balaban J connectivity index is 1.52. The van der Waals surface area contributed by atoms with Crippen molar-refractivity contribution in [3.8, 4) is 0 Å². The van der Waals surface area contributed by atoms with Crippen LogP contribution in [0.3, 0.4) is 0 Å². The highest BCUT2D eigenvalue weighted by Gasteiger charge is 2.47. The maximum Gasteiger partial charge on any atom is 0.391 e. The largest absolute Gasteiger partial charge is 0.391 e. The predicted octanol–water partition coefficient (Wildman–Crippen LogP) is 4.65. The Labute approximate surface area is 187 Å². The molecule has 1 aliphatic carbocycles. The average molecular weight is 474 g/mol. The molecule has 1 saturated heterocycles. The van der Waals surface area contributed by atoms with Crippen LogP contribution in [0.15, 0.2) is 24.3 Å². The van der Waals surface area contributed by atoms with Gasteiger partial charge >= 0.3 is 6.18 Å². The number of carbonyl (C=O) groups is 1. The number of carbonyl (C=O) groups excluding carboxylic acids is 1. The van der Waals surface area contributed by atoms with E-state index in [1.54, 1.807) is 18.2 Å². The van der Waals surface area contributed by atoms with Crippen molar-refractivity contribution in [2.45, 2.75) is 50.1 Å². The van der Waals surface area contributed by atoms with Crippen LogP contribution in [-0.2, 0) is 0 Å². The van der Waals surface area contributed by atoms with Crippen molar-refractivity contribution < 1.29 is 27.5 Å². The molecule has 5 nitrogen and oxygen atoms in total. The third kappa shape index (κ3) is 4.78. The first-order valence-electron chi connectivity index (χ1n) is 10.6. The first kappa shape index (κ1) is 23.0. The van der Waals surface area contributed by atoms with E-state index in [1.165, 1.54) is 6.07 Å². The molecule has 2 unspecified atom stereocenters. The van der Waals surface area contributed by atoms with Gasteiger partial charge in [-0.15, -0.1) is 0 Å². The number of halogens is 5. The van der Waals surface area contributed by atoms with Crippen molar-refractivity contribution in [1.82, 2.24) is 10.3 Å². The Morgan fingerprint density at radius 2 is 2.06 bits per heavy atom. The SMILES string of the molecule is O=C(NCC1(O)CCCC(C(F)(F)F)C1)c1c(Cl)ccc2nc(N3CC[C@H](F)C3)ccc12. The fourth-order valence-electron chi connectivity index (χ4n) is 4.61. The van der Waals surface area contributed by atoms with Crippen LogP contribution in [0.1, 0.15) is 42.5 Å². The summed E-state index contributed by atoms with van der Waals surface area (Å²) in [5.41, 5.74) is -0.998. The summed E-state index contributed by atoms with van der Waals surface area (Å²) in [4.78, 5) is 19.3. The van der Waals surface area contributed by atoms with Gasteiger partial charge in [0.15, 0.2) is 0 Å². The lowest BCUT2D eigenvalue weighted by Gasteiger charge is -2.37. The van der Waals surface area contributed by atoms with Gasteiger partial charge in [-0.3, -0.25) is 4.79 Å². The zero-order chi connectivity index (χ0) is 23.1. The van der Waals surface area contributed by atoms with Crippen molar-refractivity contribution in [3.63, 3.8) is 0 Å². The molecule has 3 atom stereocenters. The molecule has 32 heavy (non-hydrogen) atoms. The lowest BCUT2D eigenvalue weighted by molar-refractivity contribution is -0.199. The number of rotatable bonds is 4. The van der Waals surface area contributed by atoms with E-state index in [0.717, 1.165) is 0 Å². The summed E-state index contributed by atoms with van der Waals surface area (Å²) in [7, 11) is 0. The number of anilines is 1. The molecule has 1 aromatic heterocycles. The van der Waals surface area contributed by atoms with Crippen molar-refractivity contribution in [1.29, 1.82) is 0 Å². The molecular weight excluding hydrogens is 450 g/mol. The summed E-state index contributed by atoms with van der Waals surface area (Å²) in [6.45, 7) is 0.511. The monoisotopic (exact) mass is 473 g/mol. The number of benzene rings is 1. The number of pyridine rings is 1. The average Bonchev–Trinajstić information content (AvgIpc) is 3.17. The third-order valence-electron chi connectivity index (χ3n) is 6.35. The number of nitrogens with zero attached hydrogens (tertiary/aromatic N) is 2. The standard InChI is InChI=1S/C22H24ClF4N3O2/c23-16-4-5-17-15(3-6-18(29-17)30-9-7-14(24)11-30)19(16)20(31)28-12-21(32)8-1-2-13(10-21)22(25,26)27/h3-6,13-14,32H,1-2,7-12H2,(H,28,31)/t13?,14-,21?/m0/s1. The molecule has 4 rings (SSSR count). The summed E-state index contributed by atoms with van der Waals surface area (Å²) < 4.78 is 52.8. The molecule has 1 aromatic carbocycles. The molecule has 2 aromatic rings. The number of alkyl halides is 4. The summed E-state index contributed by atoms with van der Waals surface area (Å²) >= 11 is 6.26. The predicted molar refractivity (Wildman–Crippen MR) is 114 cm³/mol. The number of hydrogen-bond acceptors (Lipinski definition) is 4. The minimum atomic E-state index is -4.38. The molecule has 0 spiro atoms. The molecule has 1 aliphatic heterocycles. The van der Waals surface area contributed by atoms with E-state index in [0.29, 0.717) is 29.7 Å². The molecule has 174 valence electrons. The molecule has 0 radical (unpaired) electrons. The molecule has 2 N–H and O–H groups in total. The molecule has 2 fully saturated rings. The summed E-state index contributed by atoms with van der Waals surface area (Å²) in [6, 6.07) is 6.55. The van der Waals surface area contributed by atoms with E-state index in [-0.39, 0.29) is 42.9 Å². The molecule has 1 amide bonds. The third-order valence-corrected chi connectivity index (χ3v) is 6.66. The number of amides is 1. The minimum Gasteiger partial charge on any atom is -0.388 e. The van der Waals surface area contributed by atoms with Crippen LogP contribution < -0.4 is 10.2 Å². The summed E-state index contributed by atoms with van der Waals surface area (Å²) in [5, 5.41) is 13.9. The number of aliphatic hydroxyl groups is 1. The van der Waals surface area contributed by atoms with Crippen molar-refractivity contribution in [2.75, 3.05) is 24.5 Å². The maximum atomic E-state index is 13.5. The normalized spacial score (nSPS) is 26.5. The second-order valence-electron chi connectivity index (χ2n) is 8.73. The van der Waals surface area contributed by atoms with Gasteiger partial charge in [0.25, 0.3) is 5.91 Å². The smallest absolute Gasteiger partial charge is 0.388 e. The Bertz CT molecular complexity index is 1020. The molecule has 1 saturated carbocycles. The minimum absolute atomic E-state index is 0.0247. The van der Waals surface area contributed by atoms with Crippen LogP contribution in [0.25, 0.3) is 10.9 Å². The van der Waals surface area contributed by atoms with Gasteiger partial charge in [-0.05, 0) is 56.4 Å². The molecule has 0 bridgehead atoms. The van der Waals surface area contributed by atoms with E-state index in [2.05, 4.69) is 10.3 Å². The second kappa shape index (κ2) is 8.67. The summed E-state index contributed by atoms with van der Waals surface area (Å²) in [6.07, 6.45) is -4.90. The number of nitrogens with one attached hydrogen (secondary N) is 1. The van der Waals surface area contributed by atoms with Crippen molar-refractivity contribution >= 4 is 34.2 Å². The lowest BCUT2D eigenvalue weighted by Crippen LogP contribution is -2.48. The highest BCUT2D eigenvalue weighted by atomic mass is 35.5. The first-order valence-corrected chi connectivity index (χ1v) is 11.0. The molecular formula is C22H24ClF4N3O2. The van der Waals surface area contributed by atoms with Crippen LogP contribution in [0.4, 0.5) is 23.4 Å². The molecule has 2 heterocycles. The van der Waals surface area contributed by atoms with E-state index >= 15 is 0 Å². The Morgan fingerprint density at radius 3 is 2.75 bits per heavy atom. The first-order chi connectivity index (χ1) is 15.1. The number of aromatic nitrogens is 1. The highest BCUT2D eigenvalue weighted by Crippen LogP contribution is 2.41. The van der Waals surface area contributed by atoms with Crippen LogP contribution in [0.5, 0.6) is 0 Å². The molecule has 10 heteroatoms. The van der Waals surface area contributed by atoms with Gasteiger partial charge in [0.05, 0.1) is 34.2 Å². The topological polar surface area (TPSA) is 65.5 Å². The fraction of sp³-hybridized carbons (Fsp3) is 0.545. The van der Waals surface area contributed by atoms with Crippen molar-refractivity contribution in [3.05, 3.63) is 34.9 Å². The van der Waals surface area contributed by atoms with Gasteiger partial charge < -0.3 is 15.3 Å². The van der Waals surface area contributed by atoms with Crippen LogP contribution in [-0.4, -0.2) is 53.6 Å². The van der Waals surface area contributed by atoms with Crippen LogP contribution in [0, 0.1) is 5.92 Å². The number of fused-ring (bicyclic) bond motifs is 1.